The van der Waals surface area contributed by atoms with E-state index in [9.17, 15) is 14.6 Å². The molecule has 0 unspecified atom stereocenters. The average Bonchev–Trinajstić information content (AvgIpc) is 2.86. The zero-order chi connectivity index (χ0) is 14.9. The summed E-state index contributed by atoms with van der Waals surface area (Å²) in [6.45, 7) is 4.89. The molecule has 2 rings (SSSR count). The highest BCUT2D eigenvalue weighted by Gasteiger charge is 2.37. The van der Waals surface area contributed by atoms with E-state index in [0.29, 0.717) is 16.7 Å². The van der Waals surface area contributed by atoms with E-state index in [-0.39, 0.29) is 6.54 Å². The predicted molar refractivity (Wildman–Crippen MR) is 71.5 cm³/mol. The third-order valence-corrected chi connectivity index (χ3v) is 3.53. The Balaban J connectivity index is 2.50. The predicted octanol–water partition coefficient (Wildman–Crippen LogP) is 1.30. The first-order chi connectivity index (χ1) is 9.34. The quantitative estimate of drug-likeness (QED) is 0.885. The minimum absolute atomic E-state index is 0.00594. The molecule has 5 nitrogen and oxygen atoms in total. The Labute approximate surface area is 116 Å². The number of aliphatic hydroxyl groups is 2. The lowest BCUT2D eigenvalue weighted by molar-refractivity contribution is -0.0858. The van der Waals surface area contributed by atoms with Crippen molar-refractivity contribution in [2.45, 2.75) is 39.0 Å². The van der Waals surface area contributed by atoms with Gasteiger partial charge >= 0.3 is 0 Å². The summed E-state index contributed by atoms with van der Waals surface area (Å²) >= 11 is 0. The number of hydrogen-bond acceptors (Lipinski definition) is 4. The van der Waals surface area contributed by atoms with Gasteiger partial charge < -0.3 is 10.2 Å². The maximum absolute atomic E-state index is 13.8. The van der Waals surface area contributed by atoms with Gasteiger partial charge in [0.15, 0.2) is 0 Å². The molecular formula is C14H18FN3O2. The molecule has 0 aliphatic rings. The third-order valence-electron chi connectivity index (χ3n) is 3.53. The maximum Gasteiger partial charge on any atom is 0.137 e. The summed E-state index contributed by atoms with van der Waals surface area (Å²) in [6.07, 6.45) is 1.69. The summed E-state index contributed by atoms with van der Waals surface area (Å²) in [6, 6.07) is 2.92. The average molecular weight is 279 g/mol. The van der Waals surface area contributed by atoms with E-state index in [4.69, 9.17) is 0 Å². The molecule has 1 aromatic heterocycles. The Hall–Kier alpha value is -1.79. The number of rotatable bonds is 4. The topological polar surface area (TPSA) is 71.2 Å². The van der Waals surface area contributed by atoms with Gasteiger partial charge in [-0.05, 0) is 43.5 Å². The van der Waals surface area contributed by atoms with E-state index in [1.165, 1.54) is 30.3 Å². The molecule has 0 aliphatic heterocycles. The van der Waals surface area contributed by atoms with Crippen LogP contribution in [0, 0.1) is 19.7 Å². The first-order valence-corrected chi connectivity index (χ1v) is 6.34. The second-order valence-electron chi connectivity index (χ2n) is 5.11. The van der Waals surface area contributed by atoms with Crippen LogP contribution in [0.25, 0.3) is 0 Å². The van der Waals surface area contributed by atoms with E-state index in [2.05, 4.69) is 10.1 Å². The van der Waals surface area contributed by atoms with Gasteiger partial charge in [-0.2, -0.15) is 5.10 Å². The summed E-state index contributed by atoms with van der Waals surface area (Å²) in [5.41, 5.74) is -0.0646. The van der Waals surface area contributed by atoms with Crippen LogP contribution in [0.4, 0.5) is 4.39 Å². The normalized spacial score (nSPS) is 15.9. The van der Waals surface area contributed by atoms with E-state index in [1.807, 2.05) is 0 Å². The Kier molecular flexibility index (Phi) is 3.87. The minimum atomic E-state index is -1.63. The molecule has 1 aromatic carbocycles. The van der Waals surface area contributed by atoms with Gasteiger partial charge in [-0.1, -0.05) is 6.07 Å². The lowest BCUT2D eigenvalue weighted by Crippen LogP contribution is -2.42. The van der Waals surface area contributed by atoms with Crippen molar-refractivity contribution in [1.29, 1.82) is 0 Å². The maximum atomic E-state index is 13.8. The lowest BCUT2D eigenvalue weighted by Gasteiger charge is -2.33. The van der Waals surface area contributed by atoms with Crippen LogP contribution >= 0.6 is 0 Å². The van der Waals surface area contributed by atoms with Crippen molar-refractivity contribution in [3.63, 3.8) is 0 Å². The Morgan fingerprint density at radius 3 is 2.60 bits per heavy atom. The number of aliphatic hydroxyl groups excluding tert-OH is 1. The van der Waals surface area contributed by atoms with Gasteiger partial charge in [0, 0.05) is 0 Å². The van der Waals surface area contributed by atoms with Crippen LogP contribution in [0.15, 0.2) is 24.8 Å². The van der Waals surface area contributed by atoms with Crippen LogP contribution in [0.5, 0.6) is 0 Å². The van der Waals surface area contributed by atoms with Crippen molar-refractivity contribution < 1.29 is 14.6 Å². The molecule has 0 saturated heterocycles. The zero-order valence-electron chi connectivity index (χ0n) is 11.7. The van der Waals surface area contributed by atoms with Crippen LogP contribution in [-0.2, 0) is 12.1 Å². The van der Waals surface area contributed by atoms with Gasteiger partial charge in [-0.25, -0.2) is 14.1 Å². The summed E-state index contributed by atoms with van der Waals surface area (Å²) in [7, 11) is 0. The van der Waals surface area contributed by atoms with Crippen LogP contribution in [0.3, 0.4) is 0 Å². The van der Waals surface area contributed by atoms with Gasteiger partial charge in [0.25, 0.3) is 0 Å². The molecule has 0 amide bonds. The molecule has 2 aromatic rings. The lowest BCUT2D eigenvalue weighted by atomic mass is 9.85. The molecule has 0 fully saturated rings. The monoisotopic (exact) mass is 279 g/mol. The molecule has 6 heteroatoms. The molecule has 0 spiro atoms. The van der Waals surface area contributed by atoms with Crippen molar-refractivity contribution in [3.8, 4) is 0 Å². The highest BCUT2D eigenvalue weighted by atomic mass is 19.1. The molecule has 0 radical (unpaired) electrons. The van der Waals surface area contributed by atoms with Crippen LogP contribution in [0.1, 0.15) is 23.6 Å². The summed E-state index contributed by atoms with van der Waals surface area (Å²) in [5, 5.41) is 24.7. The summed E-state index contributed by atoms with van der Waals surface area (Å²) < 4.78 is 15.2. The number of aromatic nitrogens is 3. The van der Waals surface area contributed by atoms with Crippen LogP contribution < -0.4 is 0 Å². The fraction of sp³-hybridized carbons (Fsp3) is 0.429. The van der Waals surface area contributed by atoms with E-state index >= 15 is 0 Å². The van der Waals surface area contributed by atoms with E-state index in [1.54, 1.807) is 19.9 Å². The number of nitrogens with zero attached hydrogens (tertiary/aromatic N) is 3. The van der Waals surface area contributed by atoms with Crippen molar-refractivity contribution >= 4 is 0 Å². The zero-order valence-corrected chi connectivity index (χ0v) is 11.7. The van der Waals surface area contributed by atoms with Gasteiger partial charge in [0.2, 0.25) is 0 Å². The second kappa shape index (κ2) is 5.30. The number of aryl methyl sites for hydroxylation is 2. The summed E-state index contributed by atoms with van der Waals surface area (Å²) in [5.74, 6) is -0.414. The third kappa shape index (κ3) is 2.57. The van der Waals surface area contributed by atoms with Crippen molar-refractivity contribution in [1.82, 2.24) is 14.8 Å². The molecule has 0 aliphatic carbocycles. The standard InChI is InChI=1S/C14H18FN3O2/c1-9-4-10(2)13(15)5-12(9)14(20,11(3)19)6-18-8-16-7-17-18/h4-5,7-8,11,19-20H,6H2,1-3H3/t11-,14-/m1/s1. The largest absolute Gasteiger partial charge is 0.390 e. The molecule has 2 N–H and O–H groups in total. The Bertz CT molecular complexity index is 599. The van der Waals surface area contributed by atoms with Crippen LogP contribution in [0.2, 0.25) is 0 Å². The molecule has 20 heavy (non-hydrogen) atoms. The van der Waals surface area contributed by atoms with Crippen molar-refractivity contribution in [2.24, 2.45) is 0 Å². The summed E-state index contributed by atoms with van der Waals surface area (Å²) in [4.78, 5) is 3.80. The molecule has 0 saturated carbocycles. The Morgan fingerprint density at radius 2 is 2.05 bits per heavy atom. The molecular weight excluding hydrogens is 261 g/mol. The smallest absolute Gasteiger partial charge is 0.137 e. The van der Waals surface area contributed by atoms with Gasteiger partial charge in [0.1, 0.15) is 24.1 Å². The first kappa shape index (κ1) is 14.6. The first-order valence-electron chi connectivity index (χ1n) is 6.34. The van der Waals surface area contributed by atoms with E-state index in [0.717, 1.165) is 0 Å². The highest BCUT2D eigenvalue weighted by Crippen LogP contribution is 2.31. The fourth-order valence-corrected chi connectivity index (χ4v) is 2.30. The molecule has 108 valence electrons. The van der Waals surface area contributed by atoms with Crippen LogP contribution in [-0.4, -0.2) is 31.1 Å². The van der Waals surface area contributed by atoms with E-state index < -0.39 is 17.5 Å². The minimum Gasteiger partial charge on any atom is -0.390 e. The molecule has 0 bridgehead atoms. The van der Waals surface area contributed by atoms with Crippen molar-refractivity contribution in [2.75, 3.05) is 0 Å². The number of hydrogen-bond donors (Lipinski definition) is 2. The number of benzene rings is 1. The van der Waals surface area contributed by atoms with Gasteiger partial charge in [-0.15, -0.1) is 0 Å². The fourth-order valence-electron chi connectivity index (χ4n) is 2.30. The second-order valence-corrected chi connectivity index (χ2v) is 5.11. The molecule has 1 heterocycles. The highest BCUT2D eigenvalue weighted by molar-refractivity contribution is 5.36. The van der Waals surface area contributed by atoms with Gasteiger partial charge in [0.05, 0.1) is 12.6 Å². The Morgan fingerprint density at radius 1 is 1.35 bits per heavy atom. The van der Waals surface area contributed by atoms with Crippen molar-refractivity contribution in [3.05, 3.63) is 47.3 Å². The number of halogens is 1. The SMILES string of the molecule is Cc1cc(C)c([C@@](O)(Cn2cncn2)[C@@H](C)O)cc1F. The van der Waals surface area contributed by atoms with Gasteiger partial charge in [-0.3, -0.25) is 0 Å². The molecule has 2 atom stereocenters.